The molecule has 0 radical (unpaired) electrons. The molecule has 13 heteroatoms. The number of carbonyl (C=O) groups is 2. The zero-order chi connectivity index (χ0) is 28.3. The summed E-state index contributed by atoms with van der Waals surface area (Å²) in [6.45, 7) is 1.24. The lowest BCUT2D eigenvalue weighted by Gasteiger charge is -2.36. The number of hydrogen-bond acceptors (Lipinski definition) is 10. The van der Waals surface area contributed by atoms with E-state index in [-0.39, 0.29) is 30.2 Å². The number of hydrogen-bond donors (Lipinski definition) is 2. The molecule has 2 aromatic carbocycles. The molecule has 3 N–H and O–H groups in total. The van der Waals surface area contributed by atoms with Crippen molar-refractivity contribution in [2.75, 3.05) is 44.2 Å². The van der Waals surface area contributed by atoms with Gasteiger partial charge in [0.1, 0.15) is 5.82 Å². The van der Waals surface area contributed by atoms with E-state index in [1.165, 1.54) is 4.90 Å². The van der Waals surface area contributed by atoms with E-state index in [0.29, 0.717) is 66.4 Å². The van der Waals surface area contributed by atoms with E-state index < -0.39 is 10.1 Å². The van der Waals surface area contributed by atoms with Crippen LogP contribution in [0.2, 0.25) is 0 Å². The second-order valence-corrected chi connectivity index (χ2v) is 10.8. The fourth-order valence-electron chi connectivity index (χ4n) is 4.91. The fourth-order valence-corrected chi connectivity index (χ4v) is 4.91. The summed E-state index contributed by atoms with van der Waals surface area (Å²) < 4.78 is 36.6. The molecule has 12 nitrogen and oxygen atoms in total. The molecule has 3 heterocycles. The van der Waals surface area contributed by atoms with E-state index >= 15 is 0 Å². The maximum absolute atomic E-state index is 13.1. The van der Waals surface area contributed by atoms with Gasteiger partial charge in [0.25, 0.3) is 10.1 Å². The van der Waals surface area contributed by atoms with Crippen molar-refractivity contribution in [2.24, 2.45) is 0 Å². The van der Waals surface area contributed by atoms with E-state index in [0.717, 1.165) is 5.56 Å². The molecule has 1 aromatic heterocycles. The molecule has 39 heavy (non-hydrogen) atoms. The Balaban J connectivity index is 0.000000648. The SMILES string of the molecule is COc1cc2nc(N3CCC(N4C(=O)CC(c5ccccc5)C4=O)CC3)nc(N)c2cc1OC.CS(=O)(=O)O. The Labute approximate surface area is 226 Å². The number of carbonyl (C=O) groups excluding carboxylic acids is 2. The molecule has 208 valence electrons. The lowest BCUT2D eigenvalue weighted by Crippen LogP contribution is -2.47. The van der Waals surface area contributed by atoms with Gasteiger partial charge in [-0.25, -0.2) is 4.98 Å². The molecule has 2 aliphatic heterocycles. The van der Waals surface area contributed by atoms with Crippen molar-refractivity contribution in [3.8, 4) is 11.5 Å². The highest BCUT2D eigenvalue weighted by Gasteiger charge is 2.43. The number of likely N-dealkylation sites (tertiary alicyclic amines) is 1. The van der Waals surface area contributed by atoms with Crippen molar-refractivity contribution in [2.45, 2.75) is 31.2 Å². The number of nitrogen functional groups attached to an aromatic ring is 1. The number of imide groups is 1. The van der Waals surface area contributed by atoms with Gasteiger partial charge in [0, 0.05) is 37.0 Å². The van der Waals surface area contributed by atoms with Gasteiger partial charge >= 0.3 is 0 Å². The summed E-state index contributed by atoms with van der Waals surface area (Å²) in [6.07, 6.45) is 2.27. The second kappa shape index (κ2) is 11.4. The van der Waals surface area contributed by atoms with Gasteiger partial charge in [-0.05, 0) is 24.5 Å². The van der Waals surface area contributed by atoms with Crippen LogP contribution in [0.25, 0.3) is 10.9 Å². The number of nitrogens with two attached hydrogens (primary N) is 1. The number of rotatable bonds is 5. The number of anilines is 2. The van der Waals surface area contributed by atoms with Crippen molar-refractivity contribution in [1.29, 1.82) is 0 Å². The van der Waals surface area contributed by atoms with Crippen LogP contribution in [0.1, 0.15) is 30.7 Å². The third-order valence-electron chi connectivity index (χ3n) is 6.72. The third kappa shape index (κ3) is 6.37. The molecule has 0 aliphatic carbocycles. The van der Waals surface area contributed by atoms with E-state index in [9.17, 15) is 18.0 Å². The molecular formula is C26H31N5O7S. The third-order valence-corrected chi connectivity index (χ3v) is 6.72. The molecule has 3 aromatic rings. The summed E-state index contributed by atoms with van der Waals surface area (Å²) in [6, 6.07) is 13.0. The van der Waals surface area contributed by atoms with Crippen LogP contribution in [0.3, 0.4) is 0 Å². The lowest BCUT2D eigenvalue weighted by molar-refractivity contribution is -0.141. The number of benzene rings is 2. The van der Waals surface area contributed by atoms with Crippen molar-refractivity contribution in [1.82, 2.24) is 14.9 Å². The minimum Gasteiger partial charge on any atom is -0.493 e. The van der Waals surface area contributed by atoms with Gasteiger partial charge in [-0.3, -0.25) is 19.0 Å². The van der Waals surface area contributed by atoms with Crippen molar-refractivity contribution >= 4 is 44.6 Å². The van der Waals surface area contributed by atoms with Gasteiger partial charge in [-0.15, -0.1) is 0 Å². The minimum absolute atomic E-state index is 0.0930. The van der Waals surface area contributed by atoms with Crippen LogP contribution in [-0.2, 0) is 19.7 Å². The molecule has 1 atom stereocenters. The fraction of sp³-hybridized carbons (Fsp3) is 0.385. The summed E-state index contributed by atoms with van der Waals surface area (Å²) in [5, 5.41) is 0.691. The zero-order valence-electron chi connectivity index (χ0n) is 21.9. The topological polar surface area (TPSA) is 165 Å². The first kappa shape index (κ1) is 28.0. The molecule has 2 fully saturated rings. The standard InChI is InChI=1S/C25H27N5O4.CH4O3S/c1-33-20-12-18-19(14-21(20)34-2)27-25(28-23(18)26)29-10-8-16(9-11-29)30-22(31)13-17(24(30)32)15-6-4-3-5-7-15;1-5(2,3)4/h3-7,12,14,16-17H,8-11,13H2,1-2H3,(H2,26,27,28);1H3,(H,2,3,4). The first-order chi connectivity index (χ1) is 18.5. The Morgan fingerprint density at radius 3 is 2.18 bits per heavy atom. The molecule has 0 saturated carbocycles. The summed E-state index contributed by atoms with van der Waals surface area (Å²) in [4.78, 5) is 38.6. The number of nitrogens with zero attached hydrogens (tertiary/aromatic N) is 4. The Hall–Kier alpha value is -3.97. The van der Waals surface area contributed by atoms with Gasteiger partial charge in [0.15, 0.2) is 11.5 Å². The highest BCUT2D eigenvalue weighted by molar-refractivity contribution is 7.85. The number of amides is 2. The van der Waals surface area contributed by atoms with Crippen LogP contribution < -0.4 is 20.1 Å². The van der Waals surface area contributed by atoms with Crippen LogP contribution in [0.15, 0.2) is 42.5 Å². The van der Waals surface area contributed by atoms with Gasteiger partial charge < -0.3 is 20.1 Å². The van der Waals surface area contributed by atoms with E-state index in [1.807, 2.05) is 35.2 Å². The van der Waals surface area contributed by atoms with E-state index in [4.69, 9.17) is 24.7 Å². The quantitative estimate of drug-likeness (QED) is 0.349. The Morgan fingerprint density at radius 2 is 1.59 bits per heavy atom. The number of fused-ring (bicyclic) bond motifs is 1. The molecule has 2 amide bonds. The highest BCUT2D eigenvalue weighted by atomic mass is 32.2. The molecule has 0 bridgehead atoms. The van der Waals surface area contributed by atoms with Gasteiger partial charge in [0.2, 0.25) is 17.8 Å². The van der Waals surface area contributed by atoms with Crippen LogP contribution in [0, 0.1) is 0 Å². The molecule has 2 aliphatic rings. The largest absolute Gasteiger partial charge is 0.493 e. The van der Waals surface area contributed by atoms with Crippen LogP contribution in [-0.4, -0.2) is 79.3 Å². The van der Waals surface area contributed by atoms with Crippen LogP contribution >= 0.6 is 0 Å². The van der Waals surface area contributed by atoms with E-state index in [2.05, 4.69) is 4.98 Å². The number of piperidine rings is 1. The molecule has 5 rings (SSSR count). The van der Waals surface area contributed by atoms with Crippen molar-refractivity contribution in [3.63, 3.8) is 0 Å². The number of aromatic nitrogens is 2. The van der Waals surface area contributed by atoms with Gasteiger partial charge in [-0.2, -0.15) is 13.4 Å². The summed E-state index contributed by atoms with van der Waals surface area (Å²) in [5.74, 6) is 1.44. The molecule has 2 saturated heterocycles. The van der Waals surface area contributed by atoms with Gasteiger partial charge in [0.05, 0.1) is 31.9 Å². The van der Waals surface area contributed by atoms with E-state index in [1.54, 1.807) is 26.4 Å². The second-order valence-electron chi connectivity index (χ2n) is 9.35. The Bertz CT molecular complexity index is 1470. The monoisotopic (exact) mass is 557 g/mol. The number of methoxy groups -OCH3 is 2. The average Bonchev–Trinajstić information content (AvgIpc) is 3.21. The highest BCUT2D eigenvalue weighted by Crippen LogP contribution is 2.36. The van der Waals surface area contributed by atoms with Crippen LogP contribution in [0.5, 0.6) is 11.5 Å². The van der Waals surface area contributed by atoms with Crippen molar-refractivity contribution < 1.29 is 32.0 Å². The van der Waals surface area contributed by atoms with Crippen molar-refractivity contribution in [3.05, 3.63) is 48.0 Å². The maximum Gasteiger partial charge on any atom is 0.261 e. The normalized spacial score (nSPS) is 18.2. The summed E-state index contributed by atoms with van der Waals surface area (Å²) in [5.41, 5.74) is 7.80. The average molecular weight is 558 g/mol. The first-order valence-electron chi connectivity index (χ1n) is 12.3. The summed E-state index contributed by atoms with van der Waals surface area (Å²) in [7, 11) is -0.527. The predicted octanol–water partition coefficient (Wildman–Crippen LogP) is 2.24. The Morgan fingerprint density at radius 1 is 1.00 bits per heavy atom. The lowest BCUT2D eigenvalue weighted by atomic mass is 9.97. The maximum atomic E-state index is 13.1. The zero-order valence-corrected chi connectivity index (χ0v) is 22.7. The van der Waals surface area contributed by atoms with Gasteiger partial charge in [-0.1, -0.05) is 30.3 Å². The predicted molar refractivity (Wildman–Crippen MR) is 145 cm³/mol. The van der Waals surface area contributed by atoms with Crippen LogP contribution in [0.4, 0.5) is 11.8 Å². The smallest absolute Gasteiger partial charge is 0.261 e. The minimum atomic E-state index is -3.67. The summed E-state index contributed by atoms with van der Waals surface area (Å²) >= 11 is 0. The molecular weight excluding hydrogens is 526 g/mol. The molecule has 1 unspecified atom stereocenters. The first-order valence-corrected chi connectivity index (χ1v) is 14.1. The molecule has 0 spiro atoms. The Kier molecular flexibility index (Phi) is 8.21. The number of ether oxygens (including phenoxy) is 2.